The second kappa shape index (κ2) is 11.2. The van der Waals surface area contributed by atoms with Gasteiger partial charge < -0.3 is 27.2 Å². The molecule has 1 unspecified atom stereocenters. The van der Waals surface area contributed by atoms with Crippen LogP contribution < -0.4 is 16.8 Å². The monoisotopic (exact) mass is 580 g/mol. The third kappa shape index (κ3) is 7.27. The molecule has 1 aliphatic rings. The van der Waals surface area contributed by atoms with Crippen LogP contribution in [0.3, 0.4) is 0 Å². The zero-order chi connectivity index (χ0) is 17.5. The molecule has 135 valence electrons. The van der Waals surface area contributed by atoms with Gasteiger partial charge in [-0.3, -0.25) is 14.6 Å². The summed E-state index contributed by atoms with van der Waals surface area (Å²) in [5.74, 6) is -0.620. The Balaban J connectivity index is 0.00000312. The Labute approximate surface area is 185 Å². The van der Waals surface area contributed by atoms with Gasteiger partial charge in [0.25, 0.3) is 0 Å². The van der Waals surface area contributed by atoms with Gasteiger partial charge in [-0.15, -0.1) is 17.9 Å². The van der Waals surface area contributed by atoms with E-state index in [1.54, 1.807) is 11.6 Å². The van der Waals surface area contributed by atoms with Gasteiger partial charge in [0.2, 0.25) is 11.7 Å². The van der Waals surface area contributed by atoms with E-state index in [1.807, 2.05) is 0 Å². The number of aliphatic hydroxyl groups excluding tert-OH is 1. The van der Waals surface area contributed by atoms with E-state index < -0.39 is 18.2 Å². The Bertz CT molecular complexity index is 593. The smallest absolute Gasteiger partial charge is 0.213 e. The number of aliphatic imine (C=N–C) groups is 1. The number of carbonyl (C=O) groups excluding carboxylic acids is 2. The van der Waals surface area contributed by atoms with Crippen LogP contribution >= 0.6 is 11.3 Å². The molecule has 2 heterocycles. The fraction of sp³-hybridized carbons (Fsp3) is 0.571. The van der Waals surface area contributed by atoms with Crippen LogP contribution in [-0.4, -0.2) is 59.0 Å². The van der Waals surface area contributed by atoms with Crippen molar-refractivity contribution in [1.29, 1.82) is 0 Å². The van der Waals surface area contributed by atoms with Crippen LogP contribution in [0.5, 0.6) is 0 Å². The number of carbonyl (C=O) groups is 2. The summed E-state index contributed by atoms with van der Waals surface area (Å²) >= 11 is 1.22. The molecular formula is C14H21AcN6O3S-. The second-order valence-electron chi connectivity index (χ2n) is 5.48. The van der Waals surface area contributed by atoms with E-state index in [4.69, 9.17) is 11.5 Å². The van der Waals surface area contributed by atoms with Crippen LogP contribution in [-0.2, 0) is 4.79 Å². The zero-order valence-electron chi connectivity index (χ0n) is 13.7. The number of Topliss-reactive ketones (excluding diaryl/α,β-unsaturated/α-hetero) is 1. The van der Waals surface area contributed by atoms with Crippen molar-refractivity contribution in [1.82, 2.24) is 10.3 Å². The van der Waals surface area contributed by atoms with E-state index in [1.165, 1.54) is 11.3 Å². The number of thiazole rings is 1. The quantitative estimate of drug-likeness (QED) is 0.139. The fourth-order valence-corrected chi connectivity index (χ4v) is 3.01. The molecule has 11 heteroatoms. The molecule has 9 nitrogen and oxygen atoms in total. The zero-order valence-corrected chi connectivity index (χ0v) is 19.2. The van der Waals surface area contributed by atoms with Gasteiger partial charge in [-0.2, -0.15) is 0 Å². The number of hydrogen-bond acceptors (Lipinski definition) is 6. The van der Waals surface area contributed by atoms with E-state index in [9.17, 15) is 14.7 Å². The largest absolute Gasteiger partial charge is 0.650 e. The molecule has 3 atom stereocenters. The molecule has 1 saturated heterocycles. The number of guanidine groups is 1. The number of aromatic nitrogens is 1. The minimum absolute atomic E-state index is 0. The van der Waals surface area contributed by atoms with Crippen LogP contribution in [0.15, 0.2) is 16.6 Å². The molecule has 25 heavy (non-hydrogen) atoms. The second-order valence-corrected chi connectivity index (χ2v) is 6.38. The van der Waals surface area contributed by atoms with Gasteiger partial charge in [-0.05, 0) is 19.3 Å². The molecular weight excluding hydrogens is 559 g/mol. The Morgan fingerprint density at radius 2 is 2.28 bits per heavy atom. The average molecular weight is 580 g/mol. The number of aliphatic hydroxyl groups is 1. The van der Waals surface area contributed by atoms with Crippen molar-refractivity contribution in [2.24, 2.45) is 16.5 Å². The molecule has 1 radical (unpaired) electrons. The van der Waals surface area contributed by atoms with Crippen molar-refractivity contribution in [3.63, 3.8) is 0 Å². The van der Waals surface area contributed by atoms with Crippen molar-refractivity contribution >= 4 is 29.0 Å². The van der Waals surface area contributed by atoms with Crippen LogP contribution in [0.25, 0.3) is 5.32 Å². The first-order valence-corrected chi connectivity index (χ1v) is 8.49. The number of amides is 1. The molecule has 0 aromatic carbocycles. The van der Waals surface area contributed by atoms with Gasteiger partial charge in [-0.25, -0.2) is 4.98 Å². The Kier molecular flexibility index (Phi) is 10.0. The predicted molar refractivity (Wildman–Crippen MR) is 90.9 cm³/mol. The van der Waals surface area contributed by atoms with Crippen LogP contribution in [0.2, 0.25) is 0 Å². The Morgan fingerprint density at radius 3 is 2.84 bits per heavy atom. The Hall–Kier alpha value is -0.598. The van der Waals surface area contributed by atoms with Crippen LogP contribution in [0, 0.1) is 44.1 Å². The molecule has 1 aromatic rings. The number of nitrogens with two attached hydrogens (primary N) is 2. The molecule has 0 bridgehead atoms. The minimum Gasteiger partial charge on any atom is -0.650 e. The van der Waals surface area contributed by atoms with Gasteiger partial charge in [0.15, 0.2) is 11.0 Å². The summed E-state index contributed by atoms with van der Waals surface area (Å²) < 4.78 is 0. The fourth-order valence-electron chi connectivity index (χ4n) is 2.38. The first-order chi connectivity index (χ1) is 11.5. The number of rotatable bonds is 8. The summed E-state index contributed by atoms with van der Waals surface area (Å²) in [6, 6.07) is -1.34. The first kappa shape index (κ1) is 22.4. The first-order valence-electron chi connectivity index (χ1n) is 7.61. The van der Waals surface area contributed by atoms with Crippen molar-refractivity contribution in [2.45, 2.75) is 37.5 Å². The molecule has 0 saturated carbocycles. The maximum absolute atomic E-state index is 12.5. The number of nitrogens with one attached hydrogen (secondary N) is 1. The maximum atomic E-state index is 12.5. The molecule has 1 aliphatic heterocycles. The van der Waals surface area contributed by atoms with Gasteiger partial charge in [0, 0.05) is 68.3 Å². The third-order valence-corrected chi connectivity index (χ3v) is 4.34. The average Bonchev–Trinajstić information content (AvgIpc) is 3.20. The molecule has 6 N–H and O–H groups in total. The van der Waals surface area contributed by atoms with Crippen molar-refractivity contribution in [2.75, 3.05) is 13.1 Å². The van der Waals surface area contributed by atoms with E-state index in [-0.39, 0.29) is 74.7 Å². The summed E-state index contributed by atoms with van der Waals surface area (Å²) in [5.41, 5.74) is 10.5. The predicted octanol–water partition coefficient (Wildman–Crippen LogP) is -0.629. The molecule has 1 amide bonds. The van der Waals surface area contributed by atoms with E-state index in [2.05, 4.69) is 20.6 Å². The van der Waals surface area contributed by atoms with Crippen molar-refractivity contribution < 1.29 is 58.8 Å². The summed E-state index contributed by atoms with van der Waals surface area (Å²) in [7, 11) is 0. The number of nitrogens with zero attached hydrogens (tertiary/aromatic N) is 3. The van der Waals surface area contributed by atoms with E-state index in [0.29, 0.717) is 24.4 Å². The van der Waals surface area contributed by atoms with Gasteiger partial charge in [0.05, 0.1) is 6.04 Å². The molecule has 2 rings (SSSR count). The van der Waals surface area contributed by atoms with E-state index >= 15 is 0 Å². The Morgan fingerprint density at radius 1 is 1.52 bits per heavy atom. The van der Waals surface area contributed by atoms with Crippen molar-refractivity contribution in [3.05, 3.63) is 21.9 Å². The van der Waals surface area contributed by atoms with E-state index in [0.717, 1.165) is 0 Å². The summed E-state index contributed by atoms with van der Waals surface area (Å²) in [6.07, 6.45) is 2.13. The number of hydrogen-bond donors (Lipinski definition) is 4. The molecule has 1 fully saturated rings. The SMILES string of the molecule is NC(N)=NCCCC(NC(=O)[C@@H]1C[C@@H](O)C[N-]1)C(=O)c1nccs1.[Ac]. The topological polar surface area (TPSA) is 158 Å². The summed E-state index contributed by atoms with van der Waals surface area (Å²) in [5, 5.41) is 18.3. The molecule has 1 aromatic heterocycles. The van der Waals surface area contributed by atoms with Gasteiger partial charge in [-0.1, -0.05) is 6.04 Å². The summed E-state index contributed by atoms with van der Waals surface area (Å²) in [4.78, 5) is 32.6. The third-order valence-electron chi connectivity index (χ3n) is 3.56. The standard InChI is InChI=1S/C14H21N6O3S.Ac/c15-14(16)18-3-1-2-9(11(22)13-17-4-5-24-13)20-12(23)10-6-8(21)7-19-10;/h4-5,8-10,21H,1-3,6-7H2,(H,20,23)(H4,15,16,18);/q-1;/t8-,9?,10+;/m1./s1. The van der Waals surface area contributed by atoms with Crippen molar-refractivity contribution in [3.8, 4) is 0 Å². The molecule has 0 spiro atoms. The van der Waals surface area contributed by atoms with Crippen LogP contribution in [0.1, 0.15) is 29.1 Å². The van der Waals surface area contributed by atoms with Crippen LogP contribution in [0.4, 0.5) is 0 Å². The van der Waals surface area contributed by atoms with Gasteiger partial charge >= 0.3 is 0 Å². The minimum atomic E-state index is -0.717. The molecule has 0 aliphatic carbocycles. The summed E-state index contributed by atoms with van der Waals surface area (Å²) in [6.45, 7) is 0.611. The maximum Gasteiger partial charge on any atom is 0.213 e. The van der Waals surface area contributed by atoms with Gasteiger partial charge in [0.1, 0.15) is 0 Å². The number of ketones is 1. The normalized spacial score (nSPS) is 20.4.